The van der Waals surface area contributed by atoms with Crippen LogP contribution in [-0.2, 0) is 0 Å². The first kappa shape index (κ1) is 21.4. The highest BCUT2D eigenvalue weighted by Gasteiger charge is 2.43. The quantitative estimate of drug-likeness (QED) is 0.565. The first-order valence-electron chi connectivity index (χ1n) is 7.62. The molecule has 11 heteroatoms. The van der Waals surface area contributed by atoms with Crippen LogP contribution in [-0.4, -0.2) is 50.5 Å². The van der Waals surface area contributed by atoms with E-state index in [9.17, 15) is 32.3 Å². The predicted octanol–water partition coefficient (Wildman–Crippen LogP) is 3.17. The molecule has 2 rings (SSSR count). The van der Waals surface area contributed by atoms with Crippen molar-refractivity contribution in [2.45, 2.75) is 12.1 Å². The van der Waals surface area contributed by atoms with Crippen LogP contribution in [0.2, 0.25) is 0 Å². The highest BCUT2D eigenvalue weighted by atomic mass is 19.4. The zero-order valence-corrected chi connectivity index (χ0v) is 14.1. The van der Waals surface area contributed by atoms with E-state index in [1.165, 1.54) is 0 Å². The first-order valence-corrected chi connectivity index (χ1v) is 7.62. The van der Waals surface area contributed by atoms with Crippen molar-refractivity contribution in [3.05, 3.63) is 69.8 Å². The van der Waals surface area contributed by atoms with E-state index in [0.29, 0.717) is 24.3 Å². The maximum atomic E-state index is 13.7. The van der Waals surface area contributed by atoms with Gasteiger partial charge in [-0.25, -0.2) is 19.2 Å². The average molecular weight is 412 g/mol. The van der Waals surface area contributed by atoms with E-state index < -0.39 is 69.4 Å². The topological polar surface area (TPSA) is 149 Å². The Balaban J connectivity index is 2.75. The molecule has 0 amide bonds. The van der Waals surface area contributed by atoms with Crippen LogP contribution < -0.4 is 0 Å². The number of rotatable bonds is 6. The third-order valence-corrected chi connectivity index (χ3v) is 4.00. The van der Waals surface area contributed by atoms with Crippen molar-refractivity contribution in [1.29, 1.82) is 0 Å². The Morgan fingerprint density at radius 2 is 0.931 bits per heavy atom. The minimum Gasteiger partial charge on any atom is -0.478 e. The molecule has 2 aromatic carbocycles. The monoisotopic (exact) mass is 412 g/mol. The largest absolute Gasteiger partial charge is 0.478 e. The SMILES string of the molecule is O=C(O)c1ccc(C(c2ccc(C(=O)O)c(C(=O)O)c2)C(F)(F)F)cc1C(=O)O. The van der Waals surface area contributed by atoms with Gasteiger partial charge < -0.3 is 20.4 Å². The number of hydrogen-bond acceptors (Lipinski definition) is 4. The summed E-state index contributed by atoms with van der Waals surface area (Å²) >= 11 is 0. The van der Waals surface area contributed by atoms with E-state index in [1.807, 2.05) is 0 Å². The number of halogens is 3. The summed E-state index contributed by atoms with van der Waals surface area (Å²) in [5.41, 5.74) is -4.53. The third-order valence-electron chi connectivity index (χ3n) is 4.00. The standard InChI is InChI=1S/C18H11F3O8/c19-18(20,21)13(7-1-3-9(14(22)23)11(5-7)16(26)27)8-2-4-10(15(24)25)12(6-8)17(28)29/h1-6,13H,(H,22,23)(H,24,25)(H,26,27)(H,28,29). The van der Waals surface area contributed by atoms with Crippen LogP contribution in [0.3, 0.4) is 0 Å². The Morgan fingerprint density at radius 1 is 0.621 bits per heavy atom. The summed E-state index contributed by atoms with van der Waals surface area (Å²) in [4.78, 5) is 44.7. The van der Waals surface area contributed by atoms with Crippen LogP contribution in [0, 0.1) is 0 Å². The predicted molar refractivity (Wildman–Crippen MR) is 88.6 cm³/mol. The van der Waals surface area contributed by atoms with Gasteiger partial charge in [-0.2, -0.15) is 13.2 Å². The van der Waals surface area contributed by atoms with Crippen LogP contribution in [0.25, 0.3) is 0 Å². The molecule has 0 aromatic heterocycles. The van der Waals surface area contributed by atoms with Crippen molar-refractivity contribution >= 4 is 23.9 Å². The molecule has 0 bridgehead atoms. The second-order valence-electron chi connectivity index (χ2n) is 5.81. The normalized spacial score (nSPS) is 11.3. The fourth-order valence-corrected chi connectivity index (χ4v) is 2.78. The molecule has 0 atom stereocenters. The Morgan fingerprint density at radius 3 is 1.17 bits per heavy atom. The van der Waals surface area contributed by atoms with Gasteiger partial charge >= 0.3 is 30.1 Å². The van der Waals surface area contributed by atoms with Crippen molar-refractivity contribution in [3.8, 4) is 0 Å². The number of hydrogen-bond donors (Lipinski definition) is 4. The summed E-state index contributed by atoms with van der Waals surface area (Å²) in [6.45, 7) is 0. The van der Waals surface area contributed by atoms with Gasteiger partial charge in [0.15, 0.2) is 0 Å². The van der Waals surface area contributed by atoms with Gasteiger partial charge in [0.25, 0.3) is 0 Å². The van der Waals surface area contributed by atoms with Crippen molar-refractivity contribution in [2.75, 3.05) is 0 Å². The molecule has 0 radical (unpaired) electrons. The number of carboxylic acids is 4. The number of aromatic carboxylic acids is 4. The van der Waals surface area contributed by atoms with Gasteiger partial charge in [-0.3, -0.25) is 0 Å². The molecule has 0 unspecified atom stereocenters. The van der Waals surface area contributed by atoms with E-state index in [2.05, 4.69) is 0 Å². The summed E-state index contributed by atoms with van der Waals surface area (Å²) in [5, 5.41) is 36.2. The molecule has 0 saturated heterocycles. The van der Waals surface area contributed by atoms with Crippen LogP contribution in [0.4, 0.5) is 13.2 Å². The van der Waals surface area contributed by atoms with Gasteiger partial charge in [0, 0.05) is 0 Å². The van der Waals surface area contributed by atoms with Crippen molar-refractivity contribution in [2.24, 2.45) is 0 Å². The highest BCUT2D eigenvalue weighted by molar-refractivity contribution is 6.02. The maximum Gasteiger partial charge on any atom is 0.399 e. The van der Waals surface area contributed by atoms with Crippen LogP contribution >= 0.6 is 0 Å². The lowest BCUT2D eigenvalue weighted by Crippen LogP contribution is -2.23. The summed E-state index contributed by atoms with van der Waals surface area (Å²) in [6, 6.07) is 4.00. The molecule has 152 valence electrons. The van der Waals surface area contributed by atoms with Gasteiger partial charge in [0.05, 0.1) is 22.3 Å². The lowest BCUT2D eigenvalue weighted by molar-refractivity contribution is -0.141. The smallest absolute Gasteiger partial charge is 0.399 e. The second kappa shape index (κ2) is 7.62. The zero-order chi connectivity index (χ0) is 22.1. The molecule has 0 aliphatic rings. The fourth-order valence-electron chi connectivity index (χ4n) is 2.78. The van der Waals surface area contributed by atoms with Gasteiger partial charge in [-0.15, -0.1) is 0 Å². The van der Waals surface area contributed by atoms with E-state index in [-0.39, 0.29) is 0 Å². The summed E-state index contributed by atoms with van der Waals surface area (Å²) in [7, 11) is 0. The van der Waals surface area contributed by atoms with Gasteiger partial charge in [0.1, 0.15) is 5.92 Å². The van der Waals surface area contributed by atoms with Gasteiger partial charge in [-0.1, -0.05) is 12.1 Å². The highest BCUT2D eigenvalue weighted by Crippen LogP contribution is 2.41. The molecular formula is C18H11F3O8. The van der Waals surface area contributed by atoms with Crippen LogP contribution in [0.15, 0.2) is 36.4 Å². The third kappa shape index (κ3) is 4.34. The Labute approximate surface area is 159 Å². The zero-order valence-electron chi connectivity index (χ0n) is 14.1. The number of alkyl halides is 3. The fraction of sp³-hybridized carbons (Fsp3) is 0.111. The van der Waals surface area contributed by atoms with Crippen LogP contribution in [0.5, 0.6) is 0 Å². The van der Waals surface area contributed by atoms with E-state index >= 15 is 0 Å². The van der Waals surface area contributed by atoms with Crippen molar-refractivity contribution in [1.82, 2.24) is 0 Å². The molecular weight excluding hydrogens is 401 g/mol. The molecule has 8 nitrogen and oxygen atoms in total. The van der Waals surface area contributed by atoms with E-state index in [1.54, 1.807) is 0 Å². The van der Waals surface area contributed by atoms with Crippen molar-refractivity contribution < 1.29 is 52.8 Å². The molecule has 29 heavy (non-hydrogen) atoms. The molecule has 0 spiro atoms. The van der Waals surface area contributed by atoms with Crippen molar-refractivity contribution in [3.63, 3.8) is 0 Å². The Hall–Kier alpha value is -3.89. The number of benzene rings is 2. The molecule has 0 heterocycles. The molecule has 0 aliphatic carbocycles. The van der Waals surface area contributed by atoms with Crippen LogP contribution in [0.1, 0.15) is 58.5 Å². The van der Waals surface area contributed by atoms with E-state index in [4.69, 9.17) is 20.4 Å². The van der Waals surface area contributed by atoms with Gasteiger partial charge in [-0.05, 0) is 35.4 Å². The molecule has 4 N–H and O–H groups in total. The minimum atomic E-state index is -5.03. The molecule has 0 saturated carbocycles. The summed E-state index contributed by atoms with van der Waals surface area (Å²) in [6.07, 6.45) is -5.03. The number of carboxylic acid groups (broad SMARTS) is 4. The lowest BCUT2D eigenvalue weighted by atomic mass is 9.87. The minimum absolute atomic E-state index is 0.537. The molecule has 2 aromatic rings. The Kier molecular flexibility index (Phi) is 5.63. The molecule has 0 aliphatic heterocycles. The second-order valence-corrected chi connectivity index (χ2v) is 5.81. The maximum absolute atomic E-state index is 13.7. The van der Waals surface area contributed by atoms with E-state index in [0.717, 1.165) is 12.1 Å². The summed E-state index contributed by atoms with van der Waals surface area (Å²) < 4.78 is 41.2. The van der Waals surface area contributed by atoms with Gasteiger partial charge in [0.2, 0.25) is 0 Å². The first-order chi connectivity index (χ1) is 13.3. The number of carbonyl (C=O) groups is 4. The Bertz CT molecular complexity index is 951. The lowest BCUT2D eigenvalue weighted by Gasteiger charge is -2.22. The summed E-state index contributed by atoms with van der Waals surface area (Å²) in [5.74, 6) is -9.37. The molecule has 0 fully saturated rings. The average Bonchev–Trinajstić information content (AvgIpc) is 2.60.